The molecule has 0 saturated heterocycles. The summed E-state index contributed by atoms with van der Waals surface area (Å²) in [4.78, 5) is 24.0. The Kier molecular flexibility index (Phi) is 7.91. The van der Waals surface area contributed by atoms with Gasteiger partial charge >= 0.3 is 0 Å². The van der Waals surface area contributed by atoms with Crippen molar-refractivity contribution in [3.05, 3.63) is 0 Å². The van der Waals surface area contributed by atoms with Crippen molar-refractivity contribution in [3.8, 4) is 0 Å². The summed E-state index contributed by atoms with van der Waals surface area (Å²) in [6.07, 6.45) is 2.93. The Morgan fingerprint density at radius 2 is 1.94 bits per heavy atom. The van der Waals surface area contributed by atoms with Gasteiger partial charge in [0.15, 0.2) is 0 Å². The van der Waals surface area contributed by atoms with Crippen LogP contribution in [0.1, 0.15) is 19.3 Å². The number of amides is 2. The van der Waals surface area contributed by atoms with Gasteiger partial charge in [-0.05, 0) is 25.3 Å². The Bertz CT molecular complexity index is 255. The molecule has 0 aromatic heterocycles. The van der Waals surface area contributed by atoms with Crippen molar-refractivity contribution in [3.63, 3.8) is 0 Å². The van der Waals surface area contributed by atoms with E-state index in [1.807, 2.05) is 0 Å². The molecule has 1 saturated carbocycles. The van der Waals surface area contributed by atoms with Crippen molar-refractivity contribution in [2.75, 3.05) is 33.7 Å². The summed E-state index contributed by atoms with van der Waals surface area (Å²) < 4.78 is 0. The number of carbonyl (C=O) groups excluding carboxylic acids is 2. The van der Waals surface area contributed by atoms with Gasteiger partial charge in [-0.15, -0.1) is 12.4 Å². The van der Waals surface area contributed by atoms with Gasteiger partial charge in [0.25, 0.3) is 0 Å². The van der Waals surface area contributed by atoms with E-state index in [0.29, 0.717) is 19.5 Å². The number of rotatable bonds is 7. The highest BCUT2D eigenvalue weighted by atomic mass is 35.5. The minimum absolute atomic E-state index is 0. The molecule has 1 rings (SSSR count). The first kappa shape index (κ1) is 16.2. The van der Waals surface area contributed by atoms with E-state index in [1.165, 1.54) is 17.7 Å². The normalized spacial score (nSPS) is 13.8. The van der Waals surface area contributed by atoms with E-state index in [1.54, 1.807) is 14.1 Å². The molecule has 0 heterocycles. The van der Waals surface area contributed by atoms with E-state index >= 15 is 0 Å². The smallest absolute Gasteiger partial charge is 0.233 e. The summed E-state index contributed by atoms with van der Waals surface area (Å²) in [7, 11) is 3.42. The van der Waals surface area contributed by atoms with E-state index in [-0.39, 0.29) is 24.2 Å². The van der Waals surface area contributed by atoms with Crippen LogP contribution in [0.15, 0.2) is 0 Å². The van der Waals surface area contributed by atoms with Crippen LogP contribution >= 0.6 is 12.4 Å². The molecule has 1 aliphatic rings. The summed E-state index contributed by atoms with van der Waals surface area (Å²) >= 11 is 0. The van der Waals surface area contributed by atoms with Crippen molar-refractivity contribution in [1.82, 2.24) is 15.5 Å². The summed E-state index contributed by atoms with van der Waals surface area (Å²) in [5.41, 5.74) is 0. The lowest BCUT2D eigenvalue weighted by atomic mass is 10.3. The fraction of sp³-hybridized carbons (Fsp3) is 0.818. The second-order valence-corrected chi connectivity index (χ2v) is 4.46. The summed E-state index contributed by atoms with van der Waals surface area (Å²) in [5, 5.41) is 5.81. The van der Waals surface area contributed by atoms with Gasteiger partial charge in [0.2, 0.25) is 11.8 Å². The van der Waals surface area contributed by atoms with Gasteiger partial charge in [-0.1, -0.05) is 0 Å². The molecular weight excluding hydrogens is 242 g/mol. The average Bonchev–Trinajstić information content (AvgIpc) is 3.01. The molecule has 2 amide bonds. The second kappa shape index (κ2) is 8.31. The van der Waals surface area contributed by atoms with Crippen LogP contribution < -0.4 is 10.6 Å². The Hall–Kier alpha value is -0.810. The van der Waals surface area contributed by atoms with Crippen LogP contribution in [0.5, 0.6) is 0 Å². The molecule has 0 aromatic carbocycles. The van der Waals surface area contributed by atoms with Gasteiger partial charge in [-0.2, -0.15) is 0 Å². The monoisotopic (exact) mass is 263 g/mol. The van der Waals surface area contributed by atoms with Crippen molar-refractivity contribution >= 4 is 24.2 Å². The minimum Gasteiger partial charge on any atom is -0.354 e. The average molecular weight is 264 g/mol. The molecule has 1 aliphatic carbocycles. The zero-order chi connectivity index (χ0) is 12.0. The van der Waals surface area contributed by atoms with Gasteiger partial charge in [0, 0.05) is 27.1 Å². The first-order chi connectivity index (χ1) is 7.59. The summed E-state index contributed by atoms with van der Waals surface area (Å²) in [6.45, 7) is 1.71. The number of carbonyl (C=O) groups is 2. The second-order valence-electron chi connectivity index (χ2n) is 4.46. The third-order valence-electron chi connectivity index (χ3n) is 2.58. The van der Waals surface area contributed by atoms with Crippen LogP contribution in [-0.2, 0) is 9.59 Å². The molecule has 0 bridgehead atoms. The zero-order valence-corrected chi connectivity index (χ0v) is 11.3. The SMILES string of the molecule is CN(C)C(=O)CCNC(=O)CNCC1CC1.Cl. The van der Waals surface area contributed by atoms with E-state index in [0.717, 1.165) is 12.5 Å². The van der Waals surface area contributed by atoms with Crippen LogP contribution in [0.3, 0.4) is 0 Å². The molecule has 0 atom stereocenters. The predicted octanol–water partition coefficient (Wildman–Crippen LogP) is 0.00230. The van der Waals surface area contributed by atoms with Crippen LogP contribution in [0.4, 0.5) is 0 Å². The highest BCUT2D eigenvalue weighted by Crippen LogP contribution is 2.27. The Morgan fingerprint density at radius 3 is 2.47 bits per heavy atom. The fourth-order valence-electron chi connectivity index (χ4n) is 1.31. The van der Waals surface area contributed by atoms with Crippen LogP contribution in [-0.4, -0.2) is 50.4 Å². The molecule has 0 aliphatic heterocycles. The highest BCUT2D eigenvalue weighted by molar-refractivity contribution is 5.85. The van der Waals surface area contributed by atoms with Crippen molar-refractivity contribution in [2.45, 2.75) is 19.3 Å². The molecule has 2 N–H and O–H groups in total. The molecule has 0 spiro atoms. The van der Waals surface area contributed by atoms with E-state index in [9.17, 15) is 9.59 Å². The third kappa shape index (κ3) is 7.99. The number of hydrogen-bond acceptors (Lipinski definition) is 3. The Labute approximate surface area is 109 Å². The number of nitrogens with zero attached hydrogens (tertiary/aromatic N) is 1. The first-order valence-corrected chi connectivity index (χ1v) is 5.77. The van der Waals surface area contributed by atoms with Crippen LogP contribution in [0.25, 0.3) is 0 Å². The maximum absolute atomic E-state index is 11.3. The zero-order valence-electron chi connectivity index (χ0n) is 10.5. The maximum Gasteiger partial charge on any atom is 0.233 e. The molecule has 0 unspecified atom stereocenters. The topological polar surface area (TPSA) is 61.4 Å². The molecule has 0 radical (unpaired) electrons. The first-order valence-electron chi connectivity index (χ1n) is 5.77. The minimum atomic E-state index is -0.0350. The lowest BCUT2D eigenvalue weighted by molar-refractivity contribution is -0.128. The molecule has 100 valence electrons. The quantitative estimate of drug-likeness (QED) is 0.680. The van der Waals surface area contributed by atoms with Crippen molar-refractivity contribution in [1.29, 1.82) is 0 Å². The molecule has 17 heavy (non-hydrogen) atoms. The largest absolute Gasteiger partial charge is 0.354 e. The predicted molar refractivity (Wildman–Crippen MR) is 69.2 cm³/mol. The lowest BCUT2D eigenvalue weighted by Crippen LogP contribution is -2.36. The summed E-state index contributed by atoms with van der Waals surface area (Å²) in [5.74, 6) is 0.779. The fourth-order valence-corrected chi connectivity index (χ4v) is 1.31. The van der Waals surface area contributed by atoms with Gasteiger partial charge in [0.05, 0.1) is 6.54 Å². The van der Waals surface area contributed by atoms with E-state index < -0.39 is 0 Å². The third-order valence-corrected chi connectivity index (χ3v) is 2.58. The van der Waals surface area contributed by atoms with Crippen molar-refractivity contribution in [2.24, 2.45) is 5.92 Å². The van der Waals surface area contributed by atoms with Crippen LogP contribution in [0.2, 0.25) is 0 Å². The van der Waals surface area contributed by atoms with Gasteiger partial charge < -0.3 is 15.5 Å². The van der Waals surface area contributed by atoms with E-state index in [4.69, 9.17) is 0 Å². The molecule has 1 fully saturated rings. The van der Waals surface area contributed by atoms with Crippen LogP contribution in [0, 0.1) is 5.92 Å². The highest BCUT2D eigenvalue weighted by Gasteiger charge is 2.20. The van der Waals surface area contributed by atoms with Gasteiger partial charge in [0.1, 0.15) is 0 Å². The Morgan fingerprint density at radius 1 is 1.29 bits per heavy atom. The van der Waals surface area contributed by atoms with E-state index in [2.05, 4.69) is 10.6 Å². The van der Waals surface area contributed by atoms with Gasteiger partial charge in [-0.25, -0.2) is 0 Å². The van der Waals surface area contributed by atoms with Gasteiger partial charge in [-0.3, -0.25) is 9.59 Å². The lowest BCUT2D eigenvalue weighted by Gasteiger charge is -2.10. The maximum atomic E-state index is 11.3. The molecule has 0 aromatic rings. The molecule has 5 nitrogen and oxygen atoms in total. The number of halogens is 1. The Balaban J connectivity index is 0.00000256. The number of hydrogen-bond donors (Lipinski definition) is 2. The molecule has 6 heteroatoms. The summed E-state index contributed by atoms with van der Waals surface area (Å²) in [6, 6.07) is 0. The van der Waals surface area contributed by atoms with Crippen molar-refractivity contribution < 1.29 is 9.59 Å². The standard InChI is InChI=1S/C11H21N3O2.ClH/c1-14(2)11(16)5-6-13-10(15)8-12-7-9-3-4-9;/h9,12H,3-8H2,1-2H3,(H,13,15);1H. The number of nitrogens with one attached hydrogen (secondary N) is 2. The molecular formula is C11H22ClN3O2.